The van der Waals surface area contributed by atoms with E-state index in [9.17, 15) is 4.79 Å². The summed E-state index contributed by atoms with van der Waals surface area (Å²) in [6.07, 6.45) is 5.68. The van der Waals surface area contributed by atoms with Crippen LogP contribution in [0.4, 0.5) is 5.95 Å². The molecule has 0 atom stereocenters. The van der Waals surface area contributed by atoms with Crippen LogP contribution < -0.4 is 4.90 Å². The Kier molecular flexibility index (Phi) is 3.88. The standard InChI is InChI=1S/C12H15N3O3/c1-18-8-9-2-4-15(5-3-9)12-13-6-10(7-14-12)11(16)17/h2,6-7H,3-5,8H2,1H3,(H,16,17). The number of carboxylic acids is 1. The van der Waals surface area contributed by atoms with E-state index < -0.39 is 5.97 Å². The Bertz CT molecular complexity index is 456. The zero-order chi connectivity index (χ0) is 13.0. The second kappa shape index (κ2) is 5.59. The molecule has 1 aliphatic rings. The van der Waals surface area contributed by atoms with Gasteiger partial charge in [0, 0.05) is 32.6 Å². The van der Waals surface area contributed by atoms with Crippen molar-refractivity contribution in [3.63, 3.8) is 0 Å². The van der Waals surface area contributed by atoms with Gasteiger partial charge in [-0.3, -0.25) is 0 Å². The van der Waals surface area contributed by atoms with Crippen molar-refractivity contribution in [1.82, 2.24) is 9.97 Å². The largest absolute Gasteiger partial charge is 0.478 e. The Hall–Kier alpha value is -1.95. The van der Waals surface area contributed by atoms with Crippen LogP contribution in [0.5, 0.6) is 0 Å². The minimum Gasteiger partial charge on any atom is -0.478 e. The van der Waals surface area contributed by atoms with Crippen molar-refractivity contribution in [2.24, 2.45) is 0 Å². The number of methoxy groups -OCH3 is 1. The van der Waals surface area contributed by atoms with Gasteiger partial charge in [0.05, 0.1) is 12.2 Å². The summed E-state index contributed by atoms with van der Waals surface area (Å²) in [5.41, 5.74) is 1.38. The van der Waals surface area contributed by atoms with Gasteiger partial charge >= 0.3 is 5.97 Å². The molecule has 0 saturated carbocycles. The smallest absolute Gasteiger partial charge is 0.338 e. The van der Waals surface area contributed by atoms with Crippen LogP contribution in [0, 0.1) is 0 Å². The Morgan fingerprint density at radius 3 is 2.72 bits per heavy atom. The number of ether oxygens (including phenoxy) is 1. The second-order valence-corrected chi connectivity index (χ2v) is 4.07. The van der Waals surface area contributed by atoms with Gasteiger partial charge < -0.3 is 14.7 Å². The van der Waals surface area contributed by atoms with Crippen LogP contribution in [0.3, 0.4) is 0 Å². The number of carboxylic acid groups (broad SMARTS) is 1. The molecule has 0 amide bonds. The zero-order valence-electron chi connectivity index (χ0n) is 10.2. The molecule has 0 fully saturated rings. The van der Waals surface area contributed by atoms with Gasteiger partial charge in [-0.25, -0.2) is 14.8 Å². The molecule has 0 radical (unpaired) electrons. The summed E-state index contributed by atoms with van der Waals surface area (Å²) >= 11 is 0. The Morgan fingerprint density at radius 2 is 2.22 bits per heavy atom. The monoisotopic (exact) mass is 249 g/mol. The third-order valence-corrected chi connectivity index (χ3v) is 2.80. The molecule has 2 heterocycles. The number of nitrogens with zero attached hydrogens (tertiary/aromatic N) is 3. The summed E-state index contributed by atoms with van der Waals surface area (Å²) in [4.78, 5) is 20.8. The number of aromatic carboxylic acids is 1. The van der Waals surface area contributed by atoms with Crippen LogP contribution in [0.1, 0.15) is 16.8 Å². The molecular weight excluding hydrogens is 234 g/mol. The third-order valence-electron chi connectivity index (χ3n) is 2.80. The number of carbonyl (C=O) groups is 1. The molecule has 18 heavy (non-hydrogen) atoms. The molecule has 6 nitrogen and oxygen atoms in total. The molecule has 1 aromatic heterocycles. The number of aromatic nitrogens is 2. The van der Waals surface area contributed by atoms with Crippen LogP contribution >= 0.6 is 0 Å². The minimum absolute atomic E-state index is 0.103. The van der Waals surface area contributed by atoms with E-state index in [0.717, 1.165) is 19.5 Å². The maximum absolute atomic E-state index is 10.7. The van der Waals surface area contributed by atoms with E-state index in [0.29, 0.717) is 12.6 Å². The van der Waals surface area contributed by atoms with Gasteiger partial charge in [0.25, 0.3) is 0 Å². The molecule has 6 heteroatoms. The lowest BCUT2D eigenvalue weighted by Crippen LogP contribution is -2.30. The molecular formula is C12H15N3O3. The van der Waals surface area contributed by atoms with Crippen molar-refractivity contribution in [2.75, 3.05) is 31.7 Å². The fourth-order valence-electron chi connectivity index (χ4n) is 1.80. The van der Waals surface area contributed by atoms with Crippen molar-refractivity contribution < 1.29 is 14.6 Å². The second-order valence-electron chi connectivity index (χ2n) is 4.07. The van der Waals surface area contributed by atoms with Crippen molar-refractivity contribution in [2.45, 2.75) is 6.42 Å². The maximum atomic E-state index is 10.7. The summed E-state index contributed by atoms with van der Waals surface area (Å²) in [6, 6.07) is 0. The highest BCUT2D eigenvalue weighted by Gasteiger charge is 2.14. The molecule has 0 aliphatic carbocycles. The zero-order valence-corrected chi connectivity index (χ0v) is 10.2. The molecule has 0 bridgehead atoms. The normalized spacial score (nSPS) is 15.4. The third kappa shape index (κ3) is 2.84. The predicted octanol–water partition coefficient (Wildman–Crippen LogP) is 0.958. The van der Waals surface area contributed by atoms with Crippen molar-refractivity contribution >= 4 is 11.9 Å². The number of hydrogen-bond acceptors (Lipinski definition) is 5. The maximum Gasteiger partial charge on any atom is 0.338 e. The van der Waals surface area contributed by atoms with Crippen molar-refractivity contribution in [1.29, 1.82) is 0 Å². The van der Waals surface area contributed by atoms with Crippen LogP contribution in [0.25, 0.3) is 0 Å². The van der Waals surface area contributed by atoms with E-state index in [2.05, 4.69) is 16.0 Å². The molecule has 1 aromatic rings. The molecule has 96 valence electrons. The fraction of sp³-hybridized carbons (Fsp3) is 0.417. The fourth-order valence-corrected chi connectivity index (χ4v) is 1.80. The average Bonchev–Trinajstić information content (AvgIpc) is 2.40. The number of rotatable bonds is 4. The number of hydrogen-bond donors (Lipinski definition) is 1. The molecule has 1 N–H and O–H groups in total. The van der Waals surface area contributed by atoms with Gasteiger partial charge in [-0.2, -0.15) is 0 Å². The lowest BCUT2D eigenvalue weighted by Gasteiger charge is -2.26. The van der Waals surface area contributed by atoms with Crippen LogP contribution in [0.2, 0.25) is 0 Å². The lowest BCUT2D eigenvalue weighted by atomic mass is 10.1. The first-order valence-electron chi connectivity index (χ1n) is 5.68. The Labute approximate surface area is 105 Å². The van der Waals surface area contributed by atoms with Gasteiger partial charge in [0.15, 0.2) is 0 Å². The number of anilines is 1. The quantitative estimate of drug-likeness (QED) is 0.801. The summed E-state index contributed by atoms with van der Waals surface area (Å²) in [6.45, 7) is 2.21. The summed E-state index contributed by atoms with van der Waals surface area (Å²) in [5, 5.41) is 8.76. The topological polar surface area (TPSA) is 75.5 Å². The first kappa shape index (κ1) is 12.5. The van der Waals surface area contributed by atoms with E-state index in [-0.39, 0.29) is 5.56 Å². The highest BCUT2D eigenvalue weighted by Crippen LogP contribution is 2.15. The summed E-state index contributed by atoms with van der Waals surface area (Å²) < 4.78 is 5.08. The van der Waals surface area contributed by atoms with Crippen LogP contribution in [0.15, 0.2) is 24.0 Å². The van der Waals surface area contributed by atoms with Crippen molar-refractivity contribution in [3.8, 4) is 0 Å². The molecule has 2 rings (SSSR count). The lowest BCUT2D eigenvalue weighted by molar-refractivity contribution is 0.0696. The summed E-state index contributed by atoms with van der Waals surface area (Å²) in [5.74, 6) is -0.449. The van der Waals surface area contributed by atoms with E-state index in [1.165, 1.54) is 18.0 Å². The van der Waals surface area contributed by atoms with E-state index in [1.54, 1.807) is 7.11 Å². The predicted molar refractivity (Wildman–Crippen MR) is 65.8 cm³/mol. The first-order chi connectivity index (χ1) is 8.70. The van der Waals surface area contributed by atoms with Crippen LogP contribution in [-0.4, -0.2) is 47.8 Å². The molecule has 1 aliphatic heterocycles. The molecule has 0 spiro atoms. The summed E-state index contributed by atoms with van der Waals surface area (Å²) in [7, 11) is 1.68. The van der Waals surface area contributed by atoms with E-state index in [4.69, 9.17) is 9.84 Å². The van der Waals surface area contributed by atoms with Crippen molar-refractivity contribution in [3.05, 3.63) is 29.6 Å². The SMILES string of the molecule is COCC1=CCN(c2ncc(C(=O)O)cn2)CC1. The van der Waals surface area contributed by atoms with E-state index in [1.807, 2.05) is 4.90 Å². The first-order valence-corrected chi connectivity index (χ1v) is 5.68. The van der Waals surface area contributed by atoms with Gasteiger partial charge in [-0.15, -0.1) is 0 Å². The molecule has 0 unspecified atom stereocenters. The Morgan fingerprint density at radius 1 is 1.50 bits per heavy atom. The van der Waals surface area contributed by atoms with Crippen LogP contribution in [-0.2, 0) is 4.74 Å². The average molecular weight is 249 g/mol. The van der Waals surface area contributed by atoms with Gasteiger partial charge in [0.1, 0.15) is 0 Å². The van der Waals surface area contributed by atoms with E-state index >= 15 is 0 Å². The molecule has 0 saturated heterocycles. The van der Waals surface area contributed by atoms with Gasteiger partial charge in [0.2, 0.25) is 5.95 Å². The molecule has 0 aromatic carbocycles. The van der Waals surface area contributed by atoms with Gasteiger partial charge in [-0.05, 0) is 12.0 Å². The minimum atomic E-state index is -1.01. The van der Waals surface area contributed by atoms with Gasteiger partial charge in [-0.1, -0.05) is 6.08 Å². The highest BCUT2D eigenvalue weighted by molar-refractivity contribution is 5.86. The Balaban J connectivity index is 2.03. The highest BCUT2D eigenvalue weighted by atomic mass is 16.5.